The lowest BCUT2D eigenvalue weighted by molar-refractivity contribution is 0.0648. The van der Waals surface area contributed by atoms with E-state index < -0.39 is 18.3 Å². The molecule has 0 spiro atoms. The van der Waals surface area contributed by atoms with Crippen LogP contribution in [0.15, 0.2) is 48.5 Å². The fraction of sp³-hybridized carbons (Fsp3) is 0.211. The smallest absolute Gasteiger partial charge is 0.297 e. The van der Waals surface area contributed by atoms with Crippen LogP contribution in [0.2, 0.25) is 10.0 Å². The van der Waals surface area contributed by atoms with E-state index >= 15 is 0 Å². The summed E-state index contributed by atoms with van der Waals surface area (Å²) >= 11 is 12.3. The van der Waals surface area contributed by atoms with E-state index in [1.807, 2.05) is 30.3 Å². The molecule has 3 aromatic rings. The van der Waals surface area contributed by atoms with Gasteiger partial charge in [-0.1, -0.05) is 59.6 Å². The first-order chi connectivity index (χ1) is 13.5. The number of benzene rings is 2. The monoisotopic (exact) mass is 422 g/mol. The van der Waals surface area contributed by atoms with Crippen molar-refractivity contribution in [3.05, 3.63) is 81.4 Å². The highest BCUT2D eigenvalue weighted by atomic mass is 35.5. The van der Waals surface area contributed by atoms with Crippen LogP contribution < -0.4 is 0 Å². The number of fused-ring (bicyclic) bond motifs is 1. The number of alkyl halides is 2. The molecular formula is C19H14Cl2F2N4O. The Kier molecular flexibility index (Phi) is 5.03. The maximum Gasteiger partial charge on any atom is 0.297 e. The fourth-order valence-electron chi connectivity index (χ4n) is 3.40. The summed E-state index contributed by atoms with van der Waals surface area (Å²) < 4.78 is 28.0. The van der Waals surface area contributed by atoms with E-state index in [1.54, 1.807) is 23.1 Å². The summed E-state index contributed by atoms with van der Waals surface area (Å²) in [6.07, 6.45) is -2.75. The Morgan fingerprint density at radius 3 is 2.50 bits per heavy atom. The van der Waals surface area contributed by atoms with Crippen LogP contribution in [0.3, 0.4) is 0 Å². The molecule has 2 heterocycles. The number of carbonyl (C=O) groups excluding carboxylic acids is 1. The van der Waals surface area contributed by atoms with E-state index in [0.29, 0.717) is 5.82 Å². The molecule has 9 heteroatoms. The summed E-state index contributed by atoms with van der Waals surface area (Å²) in [6, 6.07) is 13.2. The molecule has 4 rings (SSSR count). The highest BCUT2D eigenvalue weighted by molar-refractivity contribution is 6.43. The minimum Gasteiger partial charge on any atom is -0.322 e. The molecule has 5 nitrogen and oxygen atoms in total. The molecule has 28 heavy (non-hydrogen) atoms. The van der Waals surface area contributed by atoms with Gasteiger partial charge in [-0.15, -0.1) is 10.2 Å². The molecule has 0 saturated heterocycles. The van der Waals surface area contributed by atoms with Gasteiger partial charge in [-0.3, -0.25) is 4.79 Å². The van der Waals surface area contributed by atoms with Crippen molar-refractivity contribution < 1.29 is 13.6 Å². The van der Waals surface area contributed by atoms with Crippen molar-refractivity contribution in [2.24, 2.45) is 0 Å². The zero-order chi connectivity index (χ0) is 19.8. The lowest BCUT2D eigenvalue weighted by Gasteiger charge is -2.36. The van der Waals surface area contributed by atoms with E-state index in [9.17, 15) is 13.6 Å². The maximum atomic E-state index is 13.3. The van der Waals surface area contributed by atoms with Gasteiger partial charge < -0.3 is 9.47 Å². The van der Waals surface area contributed by atoms with E-state index in [4.69, 9.17) is 23.2 Å². The molecule has 1 amide bonds. The molecule has 0 N–H and O–H groups in total. The van der Waals surface area contributed by atoms with Gasteiger partial charge in [-0.2, -0.15) is 0 Å². The molecule has 0 aliphatic carbocycles. The van der Waals surface area contributed by atoms with E-state index in [-0.39, 0.29) is 34.6 Å². The Morgan fingerprint density at radius 1 is 1.04 bits per heavy atom. The molecule has 0 radical (unpaired) electrons. The molecule has 0 bridgehead atoms. The molecule has 1 aliphatic heterocycles. The minimum atomic E-state index is -2.75. The van der Waals surface area contributed by atoms with Crippen LogP contribution in [-0.2, 0) is 6.54 Å². The predicted molar refractivity (Wildman–Crippen MR) is 101 cm³/mol. The van der Waals surface area contributed by atoms with Gasteiger partial charge in [-0.05, 0) is 17.7 Å². The zero-order valence-electron chi connectivity index (χ0n) is 14.4. The average Bonchev–Trinajstić information content (AvgIpc) is 3.14. The van der Waals surface area contributed by atoms with Gasteiger partial charge in [0.15, 0.2) is 11.6 Å². The van der Waals surface area contributed by atoms with Crippen molar-refractivity contribution in [1.82, 2.24) is 19.7 Å². The van der Waals surface area contributed by atoms with Crippen molar-refractivity contribution in [2.75, 3.05) is 6.54 Å². The van der Waals surface area contributed by atoms with Crippen molar-refractivity contribution in [3.63, 3.8) is 0 Å². The van der Waals surface area contributed by atoms with Crippen LogP contribution >= 0.6 is 23.2 Å². The van der Waals surface area contributed by atoms with Crippen LogP contribution in [-0.4, -0.2) is 32.1 Å². The van der Waals surface area contributed by atoms with Crippen LogP contribution in [0.1, 0.15) is 40.0 Å². The van der Waals surface area contributed by atoms with Gasteiger partial charge >= 0.3 is 0 Å². The summed E-state index contributed by atoms with van der Waals surface area (Å²) in [5.74, 6) is -0.461. The standard InChI is InChI=1S/C19H14Cl2F2N4O/c20-13-8-4-7-12(14(13)21)19(28)26-9-10-27-17(24-25-18(27)16(22)23)15(26)11-5-2-1-3-6-11/h1-8,15-16H,9-10H2. The topological polar surface area (TPSA) is 51.0 Å². The number of hydrogen-bond donors (Lipinski definition) is 0. The Morgan fingerprint density at radius 2 is 1.79 bits per heavy atom. The van der Waals surface area contributed by atoms with Crippen LogP contribution in [0.25, 0.3) is 0 Å². The quantitative estimate of drug-likeness (QED) is 0.610. The lowest BCUT2D eigenvalue weighted by atomic mass is 10.0. The normalized spacial score (nSPS) is 16.3. The number of aromatic nitrogens is 3. The largest absolute Gasteiger partial charge is 0.322 e. The Labute approximate surface area is 169 Å². The van der Waals surface area contributed by atoms with E-state index in [0.717, 1.165) is 5.56 Å². The molecule has 1 aliphatic rings. The van der Waals surface area contributed by atoms with Crippen LogP contribution in [0, 0.1) is 0 Å². The SMILES string of the molecule is O=C(c1cccc(Cl)c1Cl)N1CCn2c(C(F)F)nnc2C1c1ccccc1. The summed E-state index contributed by atoms with van der Waals surface area (Å²) in [5.41, 5.74) is 0.986. The van der Waals surface area contributed by atoms with Gasteiger partial charge in [-0.25, -0.2) is 8.78 Å². The summed E-state index contributed by atoms with van der Waals surface area (Å²) in [4.78, 5) is 14.8. The minimum absolute atomic E-state index is 0.154. The van der Waals surface area contributed by atoms with Gasteiger partial charge in [0.25, 0.3) is 12.3 Å². The van der Waals surface area contributed by atoms with Crippen molar-refractivity contribution >= 4 is 29.1 Å². The summed E-state index contributed by atoms with van der Waals surface area (Å²) in [6.45, 7) is 0.362. The van der Waals surface area contributed by atoms with Gasteiger partial charge in [0.1, 0.15) is 6.04 Å². The first-order valence-corrected chi connectivity index (χ1v) is 9.25. The fourth-order valence-corrected chi connectivity index (χ4v) is 3.79. The summed E-state index contributed by atoms with van der Waals surface area (Å²) in [7, 11) is 0. The van der Waals surface area contributed by atoms with E-state index in [2.05, 4.69) is 10.2 Å². The number of amides is 1. The molecular weight excluding hydrogens is 409 g/mol. The number of hydrogen-bond acceptors (Lipinski definition) is 3. The Balaban J connectivity index is 1.82. The molecule has 144 valence electrons. The van der Waals surface area contributed by atoms with Gasteiger partial charge in [0.05, 0.1) is 15.6 Å². The predicted octanol–water partition coefficient (Wildman–Crippen LogP) is 4.77. The van der Waals surface area contributed by atoms with Crippen LogP contribution in [0.4, 0.5) is 8.78 Å². The molecule has 0 saturated carbocycles. The third-order valence-corrected chi connectivity index (χ3v) is 5.50. The second-order valence-electron chi connectivity index (χ2n) is 6.28. The Hall–Kier alpha value is -2.51. The maximum absolute atomic E-state index is 13.3. The highest BCUT2D eigenvalue weighted by Crippen LogP contribution is 2.36. The summed E-state index contributed by atoms with van der Waals surface area (Å²) in [5, 5.41) is 8.05. The third-order valence-electron chi connectivity index (χ3n) is 4.68. The number of halogens is 4. The zero-order valence-corrected chi connectivity index (χ0v) is 15.9. The first kappa shape index (κ1) is 18.8. The number of rotatable bonds is 3. The van der Waals surface area contributed by atoms with Gasteiger partial charge in [0.2, 0.25) is 0 Å². The van der Waals surface area contributed by atoms with Crippen molar-refractivity contribution in [2.45, 2.75) is 19.0 Å². The average molecular weight is 423 g/mol. The lowest BCUT2D eigenvalue weighted by Crippen LogP contribution is -2.43. The number of nitrogens with zero attached hydrogens (tertiary/aromatic N) is 4. The molecule has 1 atom stereocenters. The number of carbonyl (C=O) groups is 1. The molecule has 1 unspecified atom stereocenters. The van der Waals surface area contributed by atoms with Crippen molar-refractivity contribution in [1.29, 1.82) is 0 Å². The first-order valence-electron chi connectivity index (χ1n) is 8.50. The van der Waals surface area contributed by atoms with Gasteiger partial charge in [0, 0.05) is 13.1 Å². The molecule has 2 aromatic carbocycles. The molecule has 0 fully saturated rings. The Bertz CT molecular complexity index is 1030. The second-order valence-corrected chi connectivity index (χ2v) is 7.07. The second kappa shape index (κ2) is 7.48. The van der Waals surface area contributed by atoms with Crippen LogP contribution in [0.5, 0.6) is 0 Å². The van der Waals surface area contributed by atoms with E-state index in [1.165, 1.54) is 4.57 Å². The third kappa shape index (κ3) is 3.14. The van der Waals surface area contributed by atoms with Crippen molar-refractivity contribution in [3.8, 4) is 0 Å². The highest BCUT2D eigenvalue weighted by Gasteiger charge is 2.37. The molecule has 1 aromatic heterocycles.